The first-order valence-corrected chi connectivity index (χ1v) is 10.5. The molecule has 154 valence electrons. The number of carbonyl (C=O) groups is 1. The van der Waals surface area contributed by atoms with E-state index in [2.05, 4.69) is 10.2 Å². The Labute approximate surface area is 170 Å². The second-order valence-corrected chi connectivity index (χ2v) is 9.64. The van der Waals surface area contributed by atoms with Crippen molar-refractivity contribution in [2.45, 2.75) is 45.1 Å². The molecule has 0 aliphatic heterocycles. The van der Waals surface area contributed by atoms with E-state index in [1.165, 1.54) is 12.3 Å². The topological polar surface area (TPSA) is 93.9 Å². The fourth-order valence-electron chi connectivity index (χ4n) is 2.78. The first-order chi connectivity index (χ1) is 13.5. The van der Waals surface area contributed by atoms with Crippen molar-refractivity contribution in [2.24, 2.45) is 0 Å². The Morgan fingerprint density at radius 3 is 2.34 bits per heavy atom. The van der Waals surface area contributed by atoms with Crippen LogP contribution in [0.5, 0.6) is 0 Å². The minimum atomic E-state index is -4.05. The zero-order valence-corrected chi connectivity index (χ0v) is 17.9. The van der Waals surface area contributed by atoms with E-state index in [1.807, 2.05) is 6.92 Å². The number of esters is 1. The van der Waals surface area contributed by atoms with Crippen LogP contribution in [-0.2, 0) is 19.6 Å². The fraction of sp³-hybridized carbons (Fsp3) is 0.350. The average molecular weight is 417 g/mol. The number of ether oxygens (including phenoxy) is 1. The Morgan fingerprint density at radius 2 is 1.72 bits per heavy atom. The van der Waals surface area contributed by atoms with Gasteiger partial charge in [-0.2, -0.15) is 0 Å². The van der Waals surface area contributed by atoms with E-state index in [0.717, 1.165) is 9.87 Å². The van der Waals surface area contributed by atoms with Crippen molar-refractivity contribution in [1.29, 1.82) is 0 Å². The van der Waals surface area contributed by atoms with Gasteiger partial charge in [0.15, 0.2) is 5.65 Å². The molecule has 1 aromatic carbocycles. The minimum absolute atomic E-state index is 0.0250. The summed E-state index contributed by atoms with van der Waals surface area (Å²) < 4.78 is 34.9. The maximum atomic E-state index is 13.5. The number of carbonyl (C=O) groups excluding carboxylic acids is 1. The standard InChI is InChI=1S/C20H24N4O4S/c1-14-6-8-16(9-7-14)24(13-19(25)28-20(3,4)5)29(26,27)17-10-11-18-22-21-15(2)23(18)12-17/h6-12H,13H2,1-5H3. The monoisotopic (exact) mass is 416 g/mol. The van der Waals surface area contributed by atoms with Crippen molar-refractivity contribution in [3.63, 3.8) is 0 Å². The van der Waals surface area contributed by atoms with Crippen molar-refractivity contribution in [1.82, 2.24) is 14.6 Å². The molecule has 0 N–H and O–H groups in total. The van der Waals surface area contributed by atoms with Crippen molar-refractivity contribution < 1.29 is 17.9 Å². The third kappa shape index (κ3) is 4.56. The summed E-state index contributed by atoms with van der Waals surface area (Å²) in [6.45, 7) is 8.39. The van der Waals surface area contributed by atoms with Gasteiger partial charge in [0.1, 0.15) is 22.9 Å². The highest BCUT2D eigenvalue weighted by Crippen LogP contribution is 2.25. The molecule has 0 amide bonds. The third-order valence-electron chi connectivity index (χ3n) is 4.15. The number of sulfonamides is 1. The van der Waals surface area contributed by atoms with Crippen LogP contribution in [0.3, 0.4) is 0 Å². The van der Waals surface area contributed by atoms with Crippen LogP contribution in [-0.4, -0.2) is 41.1 Å². The molecular formula is C20H24N4O4S. The number of hydrogen-bond donors (Lipinski definition) is 0. The zero-order chi connectivity index (χ0) is 21.4. The van der Waals surface area contributed by atoms with Crippen LogP contribution >= 0.6 is 0 Å². The normalized spacial score (nSPS) is 12.2. The number of aromatic nitrogens is 3. The lowest BCUT2D eigenvalue weighted by molar-refractivity contribution is -0.152. The Bertz CT molecular complexity index is 1150. The van der Waals surface area contributed by atoms with Crippen LogP contribution in [0.15, 0.2) is 47.5 Å². The highest BCUT2D eigenvalue weighted by Gasteiger charge is 2.30. The van der Waals surface area contributed by atoms with E-state index >= 15 is 0 Å². The van der Waals surface area contributed by atoms with E-state index in [-0.39, 0.29) is 4.90 Å². The summed E-state index contributed by atoms with van der Waals surface area (Å²) in [4.78, 5) is 12.5. The maximum Gasteiger partial charge on any atom is 0.327 e. The molecule has 0 spiro atoms. The van der Waals surface area contributed by atoms with Crippen molar-refractivity contribution in [3.05, 3.63) is 54.0 Å². The van der Waals surface area contributed by atoms with Gasteiger partial charge in [-0.05, 0) is 58.9 Å². The third-order valence-corrected chi connectivity index (χ3v) is 5.91. The number of hydrogen-bond acceptors (Lipinski definition) is 6. The lowest BCUT2D eigenvalue weighted by Crippen LogP contribution is -2.39. The Balaban J connectivity index is 2.06. The lowest BCUT2D eigenvalue weighted by atomic mass is 10.2. The molecule has 2 aromatic heterocycles. The van der Waals surface area contributed by atoms with Crippen LogP contribution < -0.4 is 4.31 Å². The zero-order valence-electron chi connectivity index (χ0n) is 17.1. The van der Waals surface area contributed by atoms with Crippen molar-refractivity contribution in [2.75, 3.05) is 10.8 Å². The smallest absolute Gasteiger partial charge is 0.327 e. The highest BCUT2D eigenvalue weighted by molar-refractivity contribution is 7.92. The second-order valence-electron chi connectivity index (χ2n) is 7.77. The number of nitrogens with zero attached hydrogens (tertiary/aromatic N) is 4. The van der Waals surface area contributed by atoms with E-state index in [4.69, 9.17) is 4.74 Å². The summed E-state index contributed by atoms with van der Waals surface area (Å²) in [6, 6.07) is 9.95. The Morgan fingerprint density at radius 1 is 1.07 bits per heavy atom. The summed E-state index contributed by atoms with van der Waals surface area (Å²) in [5.74, 6) is -0.0747. The van der Waals surface area contributed by atoms with Crippen LogP contribution in [0.1, 0.15) is 32.2 Å². The van der Waals surface area contributed by atoms with E-state index in [0.29, 0.717) is 17.2 Å². The fourth-order valence-corrected chi connectivity index (χ4v) is 4.19. The maximum absolute atomic E-state index is 13.5. The van der Waals surface area contributed by atoms with Gasteiger partial charge in [0.2, 0.25) is 0 Å². The lowest BCUT2D eigenvalue weighted by Gasteiger charge is -2.26. The van der Waals surface area contributed by atoms with Crippen LogP contribution in [0.25, 0.3) is 5.65 Å². The summed E-state index contributed by atoms with van der Waals surface area (Å²) in [5.41, 5.74) is 1.17. The van der Waals surface area contributed by atoms with E-state index in [1.54, 1.807) is 62.4 Å². The van der Waals surface area contributed by atoms with Gasteiger partial charge >= 0.3 is 5.97 Å². The molecule has 0 unspecified atom stereocenters. The van der Waals surface area contributed by atoms with E-state index in [9.17, 15) is 13.2 Å². The van der Waals surface area contributed by atoms with Crippen LogP contribution in [0.2, 0.25) is 0 Å². The molecule has 0 radical (unpaired) electrons. The number of anilines is 1. The molecule has 2 heterocycles. The molecule has 0 aliphatic carbocycles. The SMILES string of the molecule is Cc1ccc(N(CC(=O)OC(C)(C)C)S(=O)(=O)c2ccc3nnc(C)n3c2)cc1. The number of aryl methyl sites for hydroxylation is 2. The van der Waals surface area contributed by atoms with Crippen molar-refractivity contribution in [3.8, 4) is 0 Å². The summed E-state index contributed by atoms with van der Waals surface area (Å²) in [6.07, 6.45) is 1.45. The molecule has 0 bridgehead atoms. The summed E-state index contributed by atoms with van der Waals surface area (Å²) in [7, 11) is -4.05. The Hall–Kier alpha value is -2.94. The Kier molecular flexibility index (Phi) is 5.36. The number of rotatable bonds is 5. The van der Waals surface area contributed by atoms with E-state index < -0.39 is 28.1 Å². The quantitative estimate of drug-likeness (QED) is 0.594. The predicted molar refractivity (Wildman–Crippen MR) is 109 cm³/mol. The minimum Gasteiger partial charge on any atom is -0.459 e. The largest absolute Gasteiger partial charge is 0.459 e. The predicted octanol–water partition coefficient (Wildman–Crippen LogP) is 2.88. The van der Waals surface area contributed by atoms with Gasteiger partial charge < -0.3 is 4.74 Å². The highest BCUT2D eigenvalue weighted by atomic mass is 32.2. The average Bonchev–Trinajstić information content (AvgIpc) is 2.99. The first kappa shape index (κ1) is 20.8. The number of fused-ring (bicyclic) bond motifs is 1. The van der Waals surface area contributed by atoms with Crippen LogP contribution in [0.4, 0.5) is 5.69 Å². The van der Waals surface area contributed by atoms with Gasteiger partial charge in [-0.3, -0.25) is 13.5 Å². The first-order valence-electron chi connectivity index (χ1n) is 9.10. The molecule has 9 heteroatoms. The van der Waals surface area contributed by atoms with Crippen molar-refractivity contribution >= 4 is 27.3 Å². The van der Waals surface area contributed by atoms with Gasteiger partial charge in [0.25, 0.3) is 10.0 Å². The number of pyridine rings is 1. The van der Waals surface area contributed by atoms with Crippen LogP contribution in [0, 0.1) is 13.8 Å². The molecular weight excluding hydrogens is 392 g/mol. The summed E-state index contributed by atoms with van der Waals surface area (Å²) in [5, 5.41) is 7.92. The van der Waals surface area contributed by atoms with Gasteiger partial charge in [-0.15, -0.1) is 10.2 Å². The molecule has 29 heavy (non-hydrogen) atoms. The second kappa shape index (κ2) is 7.47. The van der Waals surface area contributed by atoms with Gasteiger partial charge in [-0.1, -0.05) is 17.7 Å². The summed E-state index contributed by atoms with van der Waals surface area (Å²) >= 11 is 0. The molecule has 0 fully saturated rings. The molecule has 0 saturated heterocycles. The molecule has 0 aliphatic rings. The number of benzene rings is 1. The van der Waals surface area contributed by atoms with Gasteiger partial charge in [-0.25, -0.2) is 8.42 Å². The molecule has 0 atom stereocenters. The molecule has 0 saturated carbocycles. The van der Waals surface area contributed by atoms with Gasteiger partial charge in [0, 0.05) is 6.20 Å². The molecule has 3 aromatic rings. The van der Waals surface area contributed by atoms with Gasteiger partial charge in [0.05, 0.1) is 5.69 Å². The molecule has 3 rings (SSSR count). The molecule has 8 nitrogen and oxygen atoms in total.